The molecule has 2 aromatic rings. The Bertz CT molecular complexity index is 806. The van der Waals surface area contributed by atoms with Crippen molar-refractivity contribution in [1.29, 1.82) is 0 Å². The fraction of sp³-hybridized carbons (Fsp3) is 0.0769. The third-order valence-electron chi connectivity index (χ3n) is 2.61. The van der Waals surface area contributed by atoms with Crippen LogP contribution in [-0.4, -0.2) is 24.5 Å². The van der Waals surface area contributed by atoms with Gasteiger partial charge in [-0.15, -0.1) is 0 Å². The third-order valence-corrected chi connectivity index (χ3v) is 4.65. The van der Waals surface area contributed by atoms with E-state index in [0.717, 1.165) is 6.07 Å². The van der Waals surface area contributed by atoms with Crippen LogP contribution in [-0.2, 0) is 10.0 Å². The van der Waals surface area contributed by atoms with E-state index in [0.29, 0.717) is 10.2 Å². The molecule has 0 aliphatic carbocycles. The molecule has 0 spiro atoms. The smallest absolute Gasteiger partial charge is 0.336 e. The largest absolute Gasteiger partial charge is 0.478 e. The maximum Gasteiger partial charge on any atom is 0.336 e. The van der Waals surface area contributed by atoms with E-state index >= 15 is 0 Å². The summed E-state index contributed by atoms with van der Waals surface area (Å²) in [4.78, 5) is 14.9. The van der Waals surface area contributed by atoms with E-state index < -0.39 is 16.0 Å². The topological polar surface area (TPSA) is 96.4 Å². The first-order valence-electron chi connectivity index (χ1n) is 5.79. The molecule has 0 aliphatic heterocycles. The number of benzene rings is 1. The summed E-state index contributed by atoms with van der Waals surface area (Å²) in [6.45, 7) is 1.74. The Labute approximate surface area is 130 Å². The number of hydrogen-bond acceptors (Lipinski definition) is 4. The van der Waals surface area contributed by atoms with Crippen molar-refractivity contribution in [3.05, 3.63) is 52.1 Å². The van der Waals surface area contributed by atoms with Gasteiger partial charge in [-0.05, 0) is 53.2 Å². The summed E-state index contributed by atoms with van der Waals surface area (Å²) in [5.41, 5.74) is 0.535. The monoisotopic (exact) mass is 370 g/mol. The number of carboxylic acid groups (broad SMARTS) is 1. The van der Waals surface area contributed by atoms with Crippen LogP contribution in [0, 0.1) is 6.92 Å². The van der Waals surface area contributed by atoms with Gasteiger partial charge < -0.3 is 5.11 Å². The van der Waals surface area contributed by atoms with Crippen molar-refractivity contribution in [1.82, 2.24) is 4.98 Å². The molecule has 1 aromatic heterocycles. The highest BCUT2D eigenvalue weighted by atomic mass is 79.9. The average Bonchev–Trinajstić information content (AvgIpc) is 2.38. The zero-order chi connectivity index (χ0) is 15.6. The summed E-state index contributed by atoms with van der Waals surface area (Å²) in [5, 5.41) is 9.02. The predicted molar refractivity (Wildman–Crippen MR) is 80.9 cm³/mol. The minimum Gasteiger partial charge on any atom is -0.478 e. The molecule has 21 heavy (non-hydrogen) atoms. The molecule has 0 amide bonds. The standard InChI is InChI=1S/C13H11BrN2O4S/c1-8-3-2-4-12(15-8)16-21(19,20)9-5-6-11(14)10(7-9)13(17)18/h2-7H,1H3,(H,15,16)(H,17,18). The van der Waals surface area contributed by atoms with E-state index in [9.17, 15) is 13.2 Å². The number of pyridine rings is 1. The number of aromatic carboxylic acids is 1. The molecule has 2 rings (SSSR count). The number of hydrogen-bond donors (Lipinski definition) is 2. The van der Waals surface area contributed by atoms with Crippen LogP contribution in [0.15, 0.2) is 45.8 Å². The molecule has 2 N–H and O–H groups in total. The SMILES string of the molecule is Cc1cccc(NS(=O)(=O)c2ccc(Br)c(C(=O)O)c2)n1. The number of anilines is 1. The van der Waals surface area contributed by atoms with Crippen molar-refractivity contribution in [2.75, 3.05) is 4.72 Å². The Hall–Kier alpha value is -1.93. The van der Waals surface area contributed by atoms with Crippen LogP contribution in [0.4, 0.5) is 5.82 Å². The van der Waals surface area contributed by atoms with Gasteiger partial charge in [0.25, 0.3) is 10.0 Å². The normalized spacial score (nSPS) is 11.1. The highest BCUT2D eigenvalue weighted by Gasteiger charge is 2.18. The lowest BCUT2D eigenvalue weighted by Gasteiger charge is -2.09. The Kier molecular flexibility index (Phi) is 4.29. The van der Waals surface area contributed by atoms with Gasteiger partial charge in [-0.2, -0.15) is 0 Å². The second-order valence-electron chi connectivity index (χ2n) is 4.22. The van der Waals surface area contributed by atoms with Gasteiger partial charge in [0, 0.05) is 10.2 Å². The Morgan fingerprint density at radius 3 is 2.62 bits per heavy atom. The van der Waals surface area contributed by atoms with Crippen molar-refractivity contribution in [2.24, 2.45) is 0 Å². The van der Waals surface area contributed by atoms with Gasteiger partial charge in [0.1, 0.15) is 5.82 Å². The Balaban J connectivity index is 2.40. The first-order valence-corrected chi connectivity index (χ1v) is 8.06. The fourth-order valence-electron chi connectivity index (χ4n) is 1.63. The highest BCUT2D eigenvalue weighted by Crippen LogP contribution is 2.22. The Morgan fingerprint density at radius 2 is 2.00 bits per heavy atom. The summed E-state index contributed by atoms with van der Waals surface area (Å²) in [6, 6.07) is 8.70. The van der Waals surface area contributed by atoms with Gasteiger partial charge >= 0.3 is 5.97 Å². The molecule has 6 nitrogen and oxygen atoms in total. The highest BCUT2D eigenvalue weighted by molar-refractivity contribution is 9.10. The van der Waals surface area contributed by atoms with Crippen molar-refractivity contribution >= 4 is 37.7 Å². The third kappa shape index (κ3) is 3.59. The van der Waals surface area contributed by atoms with Gasteiger partial charge in [-0.3, -0.25) is 4.72 Å². The zero-order valence-corrected chi connectivity index (χ0v) is 13.3. The molecule has 8 heteroatoms. The van der Waals surface area contributed by atoms with E-state index in [1.54, 1.807) is 19.1 Å². The fourth-order valence-corrected chi connectivity index (χ4v) is 3.08. The van der Waals surface area contributed by atoms with E-state index in [1.807, 2.05) is 0 Å². The number of aryl methyl sites for hydroxylation is 1. The molecule has 1 heterocycles. The van der Waals surface area contributed by atoms with E-state index in [1.165, 1.54) is 18.2 Å². The van der Waals surface area contributed by atoms with Crippen molar-refractivity contribution in [3.8, 4) is 0 Å². The van der Waals surface area contributed by atoms with Crippen molar-refractivity contribution in [3.63, 3.8) is 0 Å². The number of rotatable bonds is 4. The van der Waals surface area contributed by atoms with E-state index in [4.69, 9.17) is 5.11 Å². The molecular formula is C13H11BrN2O4S. The number of nitrogens with zero attached hydrogens (tertiary/aromatic N) is 1. The van der Waals surface area contributed by atoms with Crippen LogP contribution < -0.4 is 4.72 Å². The molecule has 0 unspecified atom stereocenters. The quantitative estimate of drug-likeness (QED) is 0.862. The second-order valence-corrected chi connectivity index (χ2v) is 6.75. The van der Waals surface area contributed by atoms with E-state index in [-0.39, 0.29) is 16.3 Å². The van der Waals surface area contributed by atoms with Gasteiger partial charge in [-0.1, -0.05) is 6.07 Å². The minimum absolute atomic E-state index is 0.130. The molecule has 0 saturated heterocycles. The lowest BCUT2D eigenvalue weighted by atomic mass is 10.2. The number of sulfonamides is 1. The molecule has 0 fully saturated rings. The number of nitrogens with one attached hydrogen (secondary N) is 1. The molecule has 0 atom stereocenters. The number of carboxylic acids is 1. The second kappa shape index (κ2) is 5.82. The molecule has 110 valence electrons. The molecule has 0 bridgehead atoms. The van der Waals surface area contributed by atoms with Crippen LogP contribution in [0.25, 0.3) is 0 Å². The number of aromatic nitrogens is 1. The minimum atomic E-state index is -3.90. The van der Waals surface area contributed by atoms with Crippen molar-refractivity contribution in [2.45, 2.75) is 11.8 Å². The number of carbonyl (C=O) groups is 1. The lowest BCUT2D eigenvalue weighted by Crippen LogP contribution is -2.15. The summed E-state index contributed by atoms with van der Waals surface area (Å²) in [5.74, 6) is -1.04. The van der Waals surface area contributed by atoms with Crippen LogP contribution in [0.2, 0.25) is 0 Å². The van der Waals surface area contributed by atoms with Gasteiger partial charge in [0.15, 0.2) is 0 Å². The maximum atomic E-state index is 12.2. The first kappa shape index (κ1) is 15.5. The van der Waals surface area contributed by atoms with E-state index in [2.05, 4.69) is 25.6 Å². The predicted octanol–water partition coefficient (Wildman–Crippen LogP) is 2.65. The summed E-state index contributed by atoms with van der Waals surface area (Å²) >= 11 is 3.07. The maximum absolute atomic E-state index is 12.2. The van der Waals surface area contributed by atoms with Crippen molar-refractivity contribution < 1.29 is 18.3 Å². The van der Waals surface area contributed by atoms with Gasteiger partial charge in [0.2, 0.25) is 0 Å². The first-order chi connectivity index (χ1) is 9.79. The summed E-state index contributed by atoms with van der Waals surface area (Å²) < 4.78 is 27.1. The summed E-state index contributed by atoms with van der Waals surface area (Å²) in [6.07, 6.45) is 0. The molecule has 0 saturated carbocycles. The molecule has 0 radical (unpaired) electrons. The molecule has 1 aromatic carbocycles. The molecule has 0 aliphatic rings. The van der Waals surface area contributed by atoms with Crippen LogP contribution >= 0.6 is 15.9 Å². The van der Waals surface area contributed by atoms with Gasteiger partial charge in [0.05, 0.1) is 10.5 Å². The molecular weight excluding hydrogens is 360 g/mol. The number of halogens is 1. The van der Waals surface area contributed by atoms with Crippen LogP contribution in [0.5, 0.6) is 0 Å². The Morgan fingerprint density at radius 1 is 1.29 bits per heavy atom. The zero-order valence-electron chi connectivity index (χ0n) is 10.9. The van der Waals surface area contributed by atoms with Crippen LogP contribution in [0.1, 0.15) is 16.1 Å². The summed E-state index contributed by atoms with van der Waals surface area (Å²) in [7, 11) is -3.90. The van der Waals surface area contributed by atoms with Crippen LogP contribution in [0.3, 0.4) is 0 Å². The lowest BCUT2D eigenvalue weighted by molar-refractivity contribution is 0.0695. The van der Waals surface area contributed by atoms with Gasteiger partial charge in [-0.25, -0.2) is 18.2 Å². The average molecular weight is 371 g/mol.